The second-order valence-electron chi connectivity index (χ2n) is 5.54. The number of carbonyl (C=O) groups is 1. The van der Waals surface area contributed by atoms with Gasteiger partial charge in [0.15, 0.2) is 0 Å². The van der Waals surface area contributed by atoms with Crippen molar-refractivity contribution in [2.24, 2.45) is 0 Å². The second kappa shape index (κ2) is 6.64. The molecule has 1 aliphatic heterocycles. The van der Waals surface area contributed by atoms with Crippen molar-refractivity contribution in [3.8, 4) is 0 Å². The minimum atomic E-state index is -0.528. The molecule has 4 nitrogen and oxygen atoms in total. The fourth-order valence-corrected chi connectivity index (χ4v) is 2.92. The van der Waals surface area contributed by atoms with Crippen LogP contribution in [0.25, 0.3) is 0 Å². The molecule has 6 heteroatoms. The third-order valence-electron chi connectivity index (χ3n) is 3.90. The predicted molar refractivity (Wildman–Crippen MR) is 84.8 cm³/mol. The van der Waals surface area contributed by atoms with Gasteiger partial charge in [0.1, 0.15) is 11.9 Å². The first-order valence-corrected chi connectivity index (χ1v) is 7.71. The van der Waals surface area contributed by atoms with E-state index in [1.54, 1.807) is 11.0 Å². The van der Waals surface area contributed by atoms with Crippen LogP contribution < -0.4 is 0 Å². The highest BCUT2D eigenvalue weighted by Crippen LogP contribution is 2.30. The SMILES string of the molecule is C[C@H]1CO[C@@H](c2ccccc2Cl)CN1C(=O)c1cncc(F)c1. The quantitative estimate of drug-likeness (QED) is 0.844. The van der Waals surface area contributed by atoms with Crippen LogP contribution in [0.3, 0.4) is 0 Å². The third-order valence-corrected chi connectivity index (χ3v) is 4.24. The van der Waals surface area contributed by atoms with Gasteiger partial charge in [-0.3, -0.25) is 9.78 Å². The van der Waals surface area contributed by atoms with Crippen LogP contribution in [-0.2, 0) is 4.74 Å². The zero-order valence-electron chi connectivity index (χ0n) is 12.6. The van der Waals surface area contributed by atoms with Crippen molar-refractivity contribution in [2.45, 2.75) is 19.1 Å². The molecule has 1 amide bonds. The number of nitrogens with zero attached hydrogens (tertiary/aromatic N) is 2. The molecular formula is C17H16ClFN2O2. The average molecular weight is 335 g/mol. The van der Waals surface area contributed by atoms with E-state index in [1.807, 2.05) is 25.1 Å². The molecule has 1 fully saturated rings. The standard InChI is InChI=1S/C17H16ClFN2O2/c1-11-10-23-16(14-4-2-3-5-15(14)18)9-21(11)17(22)12-6-13(19)8-20-7-12/h2-8,11,16H,9-10H2,1H3/t11-,16+/m0/s1. The number of pyridine rings is 1. The number of aromatic nitrogens is 1. The Labute approximate surface area is 138 Å². The lowest BCUT2D eigenvalue weighted by Crippen LogP contribution is -2.48. The largest absolute Gasteiger partial charge is 0.369 e. The van der Waals surface area contributed by atoms with E-state index in [4.69, 9.17) is 16.3 Å². The molecule has 1 aliphatic rings. The van der Waals surface area contributed by atoms with E-state index in [2.05, 4.69) is 4.98 Å². The number of rotatable bonds is 2. The van der Waals surface area contributed by atoms with Crippen LogP contribution >= 0.6 is 11.6 Å². The van der Waals surface area contributed by atoms with Crippen LogP contribution in [0, 0.1) is 5.82 Å². The molecule has 0 saturated carbocycles. The van der Waals surface area contributed by atoms with Crippen molar-refractivity contribution in [2.75, 3.05) is 13.2 Å². The summed E-state index contributed by atoms with van der Waals surface area (Å²) in [6, 6.07) is 8.49. The first-order chi connectivity index (χ1) is 11.1. The summed E-state index contributed by atoms with van der Waals surface area (Å²) in [6.45, 7) is 2.65. The summed E-state index contributed by atoms with van der Waals surface area (Å²) in [5.74, 6) is -0.788. The first-order valence-electron chi connectivity index (χ1n) is 7.34. The minimum Gasteiger partial charge on any atom is -0.369 e. The summed E-state index contributed by atoms with van der Waals surface area (Å²) in [5, 5.41) is 0.604. The van der Waals surface area contributed by atoms with Crippen LogP contribution in [-0.4, -0.2) is 35.0 Å². The summed E-state index contributed by atoms with van der Waals surface area (Å²) in [7, 11) is 0. The zero-order chi connectivity index (χ0) is 16.4. The molecule has 0 aliphatic carbocycles. The van der Waals surface area contributed by atoms with Gasteiger partial charge in [-0.05, 0) is 19.1 Å². The molecular weight excluding hydrogens is 319 g/mol. The van der Waals surface area contributed by atoms with E-state index >= 15 is 0 Å². The Hall–Kier alpha value is -1.98. The molecule has 1 aromatic carbocycles. The van der Waals surface area contributed by atoms with Gasteiger partial charge < -0.3 is 9.64 Å². The number of morpholine rings is 1. The van der Waals surface area contributed by atoms with E-state index in [9.17, 15) is 9.18 Å². The van der Waals surface area contributed by atoms with Crippen LogP contribution in [0.5, 0.6) is 0 Å². The van der Waals surface area contributed by atoms with Crippen molar-refractivity contribution in [3.05, 3.63) is 64.7 Å². The highest BCUT2D eigenvalue weighted by atomic mass is 35.5. The Balaban J connectivity index is 1.84. The summed E-state index contributed by atoms with van der Waals surface area (Å²) in [6.07, 6.45) is 2.15. The molecule has 0 unspecified atom stereocenters. The summed E-state index contributed by atoms with van der Waals surface area (Å²) < 4.78 is 19.1. The lowest BCUT2D eigenvalue weighted by atomic mass is 10.0. The fraction of sp³-hybridized carbons (Fsp3) is 0.294. The van der Waals surface area contributed by atoms with Gasteiger partial charge in [-0.1, -0.05) is 29.8 Å². The van der Waals surface area contributed by atoms with Gasteiger partial charge in [0.05, 0.1) is 31.0 Å². The number of hydrogen-bond acceptors (Lipinski definition) is 3. The van der Waals surface area contributed by atoms with Gasteiger partial charge in [0, 0.05) is 16.8 Å². The van der Waals surface area contributed by atoms with E-state index in [0.717, 1.165) is 11.8 Å². The van der Waals surface area contributed by atoms with Crippen molar-refractivity contribution in [1.82, 2.24) is 9.88 Å². The Morgan fingerprint density at radius 2 is 2.17 bits per heavy atom. The first kappa shape index (κ1) is 15.9. The number of ether oxygens (including phenoxy) is 1. The van der Waals surface area contributed by atoms with E-state index < -0.39 is 5.82 Å². The van der Waals surface area contributed by atoms with Crippen molar-refractivity contribution >= 4 is 17.5 Å². The Bertz CT molecular complexity index is 725. The van der Waals surface area contributed by atoms with E-state index in [1.165, 1.54) is 12.3 Å². The molecule has 0 bridgehead atoms. The predicted octanol–water partition coefficient (Wildman–Crippen LogP) is 3.48. The number of amides is 1. The normalized spacial score (nSPS) is 21.3. The summed E-state index contributed by atoms with van der Waals surface area (Å²) in [4.78, 5) is 18.1. The number of hydrogen-bond donors (Lipinski definition) is 0. The smallest absolute Gasteiger partial charge is 0.255 e. The van der Waals surface area contributed by atoms with Gasteiger partial charge in [-0.15, -0.1) is 0 Å². The Morgan fingerprint density at radius 1 is 1.39 bits per heavy atom. The van der Waals surface area contributed by atoms with Gasteiger partial charge in [0.25, 0.3) is 5.91 Å². The number of benzene rings is 1. The van der Waals surface area contributed by atoms with Crippen molar-refractivity contribution < 1.29 is 13.9 Å². The highest BCUT2D eigenvalue weighted by molar-refractivity contribution is 6.31. The Morgan fingerprint density at radius 3 is 2.91 bits per heavy atom. The van der Waals surface area contributed by atoms with Gasteiger partial charge in [-0.25, -0.2) is 4.39 Å². The highest BCUT2D eigenvalue weighted by Gasteiger charge is 2.32. The molecule has 0 N–H and O–H groups in total. The molecule has 2 aromatic rings. The molecule has 2 heterocycles. The van der Waals surface area contributed by atoms with Crippen LogP contribution in [0.2, 0.25) is 5.02 Å². The van der Waals surface area contributed by atoms with Crippen LogP contribution in [0.4, 0.5) is 4.39 Å². The van der Waals surface area contributed by atoms with Gasteiger partial charge in [0.2, 0.25) is 0 Å². The molecule has 23 heavy (non-hydrogen) atoms. The topological polar surface area (TPSA) is 42.4 Å². The Kier molecular flexibility index (Phi) is 4.59. The summed E-state index contributed by atoms with van der Waals surface area (Å²) >= 11 is 6.22. The van der Waals surface area contributed by atoms with Crippen molar-refractivity contribution in [1.29, 1.82) is 0 Å². The van der Waals surface area contributed by atoms with Gasteiger partial charge in [-0.2, -0.15) is 0 Å². The summed E-state index contributed by atoms with van der Waals surface area (Å²) in [5.41, 5.74) is 1.08. The zero-order valence-corrected chi connectivity index (χ0v) is 13.3. The lowest BCUT2D eigenvalue weighted by molar-refractivity contribution is -0.0486. The van der Waals surface area contributed by atoms with Gasteiger partial charge >= 0.3 is 0 Å². The maximum absolute atomic E-state index is 13.3. The molecule has 0 spiro atoms. The average Bonchev–Trinajstić information content (AvgIpc) is 2.55. The second-order valence-corrected chi connectivity index (χ2v) is 5.95. The maximum atomic E-state index is 13.3. The molecule has 3 rings (SSSR count). The maximum Gasteiger partial charge on any atom is 0.255 e. The lowest BCUT2D eigenvalue weighted by Gasteiger charge is -2.38. The van der Waals surface area contributed by atoms with Crippen LogP contribution in [0.1, 0.15) is 28.9 Å². The molecule has 1 saturated heterocycles. The van der Waals surface area contributed by atoms with Crippen LogP contribution in [0.15, 0.2) is 42.7 Å². The molecule has 0 radical (unpaired) electrons. The molecule has 120 valence electrons. The monoisotopic (exact) mass is 334 g/mol. The van der Waals surface area contributed by atoms with Crippen molar-refractivity contribution in [3.63, 3.8) is 0 Å². The molecule has 2 atom stereocenters. The fourth-order valence-electron chi connectivity index (χ4n) is 2.66. The van der Waals surface area contributed by atoms with E-state index in [-0.39, 0.29) is 23.6 Å². The number of halogens is 2. The van der Waals surface area contributed by atoms with E-state index in [0.29, 0.717) is 18.2 Å². The third kappa shape index (κ3) is 3.35. The number of carbonyl (C=O) groups excluding carboxylic acids is 1. The molecule has 1 aromatic heterocycles. The minimum absolute atomic E-state index is 0.107.